The Bertz CT molecular complexity index is 862. The van der Waals surface area contributed by atoms with Gasteiger partial charge in [0.1, 0.15) is 5.75 Å². The van der Waals surface area contributed by atoms with E-state index < -0.39 is 0 Å². The van der Waals surface area contributed by atoms with Crippen LogP contribution in [0.25, 0.3) is 0 Å². The van der Waals surface area contributed by atoms with Gasteiger partial charge >= 0.3 is 0 Å². The van der Waals surface area contributed by atoms with Gasteiger partial charge in [0.2, 0.25) is 5.91 Å². The Balaban J connectivity index is 1.58. The van der Waals surface area contributed by atoms with Crippen LogP contribution in [0.3, 0.4) is 0 Å². The predicted octanol–water partition coefficient (Wildman–Crippen LogP) is 3.45. The molecular weight excluding hydrogens is 370 g/mol. The lowest BCUT2D eigenvalue weighted by atomic mass is 10.2. The van der Waals surface area contributed by atoms with E-state index in [1.165, 1.54) is 28.7 Å². The summed E-state index contributed by atoms with van der Waals surface area (Å²) in [5.41, 5.74) is 1.18. The Morgan fingerprint density at radius 3 is 2.81 bits per heavy atom. The van der Waals surface area contributed by atoms with E-state index in [1.54, 1.807) is 6.20 Å². The van der Waals surface area contributed by atoms with Crippen molar-refractivity contribution >= 4 is 34.1 Å². The maximum absolute atomic E-state index is 12.0. The van der Waals surface area contributed by atoms with Crippen LogP contribution in [0.15, 0.2) is 41.0 Å². The van der Waals surface area contributed by atoms with Crippen molar-refractivity contribution in [2.75, 3.05) is 11.1 Å². The number of nitrogens with one attached hydrogen (secondary N) is 1. The predicted molar refractivity (Wildman–Crippen MR) is 103 cm³/mol. The first-order chi connectivity index (χ1) is 12.5. The zero-order valence-corrected chi connectivity index (χ0v) is 16.3. The second-order valence-corrected chi connectivity index (χ2v) is 7.48. The van der Waals surface area contributed by atoms with Crippen LogP contribution in [0.4, 0.5) is 5.13 Å². The van der Waals surface area contributed by atoms with Gasteiger partial charge in [-0.3, -0.25) is 4.79 Å². The zero-order chi connectivity index (χ0) is 18.5. The minimum Gasteiger partial charge on any atom is -0.483 e. The van der Waals surface area contributed by atoms with Gasteiger partial charge in [-0.25, -0.2) is 4.98 Å². The van der Waals surface area contributed by atoms with Gasteiger partial charge in [-0.15, -0.1) is 21.5 Å². The van der Waals surface area contributed by atoms with Crippen molar-refractivity contribution in [2.45, 2.75) is 25.1 Å². The molecule has 0 radical (unpaired) electrons. The van der Waals surface area contributed by atoms with Crippen LogP contribution in [-0.2, 0) is 11.8 Å². The van der Waals surface area contributed by atoms with Crippen molar-refractivity contribution < 1.29 is 9.53 Å². The number of anilines is 1. The van der Waals surface area contributed by atoms with Gasteiger partial charge in [0.05, 0.1) is 5.75 Å². The quantitative estimate of drug-likeness (QED) is 0.623. The summed E-state index contributed by atoms with van der Waals surface area (Å²) in [6.45, 7) is 3.96. The Hall–Kier alpha value is -2.39. The monoisotopic (exact) mass is 389 g/mol. The molecule has 0 saturated heterocycles. The normalized spacial score (nSPS) is 12.0. The van der Waals surface area contributed by atoms with E-state index in [-0.39, 0.29) is 17.8 Å². The van der Waals surface area contributed by atoms with Crippen molar-refractivity contribution in [3.8, 4) is 5.75 Å². The summed E-state index contributed by atoms with van der Waals surface area (Å²) in [6, 6.07) is 7.86. The first kappa shape index (κ1) is 18.4. The highest BCUT2D eigenvalue weighted by Crippen LogP contribution is 2.24. The van der Waals surface area contributed by atoms with E-state index in [0.717, 1.165) is 5.75 Å². The third-order valence-electron chi connectivity index (χ3n) is 3.58. The molecule has 2 heterocycles. The number of benzene rings is 1. The zero-order valence-electron chi connectivity index (χ0n) is 14.7. The van der Waals surface area contributed by atoms with Crippen molar-refractivity contribution in [2.24, 2.45) is 7.05 Å². The number of thioether (sulfide) groups is 1. The van der Waals surface area contributed by atoms with Crippen LogP contribution in [-0.4, -0.2) is 31.4 Å². The molecule has 0 aliphatic rings. The molecule has 0 spiro atoms. The lowest BCUT2D eigenvalue weighted by molar-refractivity contribution is -0.113. The molecule has 9 heteroatoms. The van der Waals surface area contributed by atoms with Crippen molar-refractivity contribution in [3.63, 3.8) is 0 Å². The summed E-state index contributed by atoms with van der Waals surface area (Å²) in [5, 5.41) is 14.2. The number of nitrogens with zero attached hydrogens (tertiary/aromatic N) is 4. The second kappa shape index (κ2) is 8.33. The lowest BCUT2D eigenvalue weighted by Crippen LogP contribution is -2.14. The molecule has 3 aromatic rings. The Morgan fingerprint density at radius 2 is 2.12 bits per heavy atom. The fraction of sp³-hybridized carbons (Fsp3) is 0.294. The van der Waals surface area contributed by atoms with Crippen LogP contribution >= 0.6 is 23.1 Å². The number of ether oxygens (including phenoxy) is 1. The van der Waals surface area contributed by atoms with Gasteiger partial charge in [0.25, 0.3) is 0 Å². The fourth-order valence-corrected chi connectivity index (χ4v) is 3.51. The Kier molecular flexibility index (Phi) is 5.89. The lowest BCUT2D eigenvalue weighted by Gasteiger charge is -2.14. The minimum atomic E-state index is -0.256. The maximum atomic E-state index is 12.0. The first-order valence-corrected chi connectivity index (χ1v) is 9.84. The highest BCUT2D eigenvalue weighted by molar-refractivity contribution is 7.99. The van der Waals surface area contributed by atoms with Crippen LogP contribution in [0, 0.1) is 6.92 Å². The van der Waals surface area contributed by atoms with Crippen LogP contribution in [0.2, 0.25) is 0 Å². The maximum Gasteiger partial charge on any atom is 0.236 e. The highest BCUT2D eigenvalue weighted by Gasteiger charge is 2.18. The van der Waals surface area contributed by atoms with E-state index in [4.69, 9.17) is 4.74 Å². The average molecular weight is 390 g/mol. The van der Waals surface area contributed by atoms with Crippen molar-refractivity contribution in [3.05, 3.63) is 47.2 Å². The third-order valence-corrected chi connectivity index (χ3v) is 5.29. The number of carbonyl (C=O) groups excluding carboxylic acids is 1. The molecule has 1 aromatic carbocycles. The molecule has 3 rings (SSSR count). The molecule has 1 amide bonds. The van der Waals surface area contributed by atoms with E-state index >= 15 is 0 Å². The molecule has 7 nitrogen and oxygen atoms in total. The Morgan fingerprint density at radius 1 is 1.35 bits per heavy atom. The van der Waals surface area contributed by atoms with E-state index in [2.05, 4.69) is 20.5 Å². The summed E-state index contributed by atoms with van der Waals surface area (Å²) >= 11 is 2.71. The van der Waals surface area contributed by atoms with Crippen LogP contribution in [0.5, 0.6) is 5.75 Å². The van der Waals surface area contributed by atoms with E-state index in [9.17, 15) is 4.79 Å². The van der Waals surface area contributed by atoms with E-state index in [0.29, 0.717) is 16.1 Å². The summed E-state index contributed by atoms with van der Waals surface area (Å²) < 4.78 is 7.77. The standard InChI is InChI=1S/C17H19N5O2S2/c1-11-4-6-13(7-5-11)24-12(2)15-20-21-17(22(15)3)26-10-14(23)19-16-18-8-9-25-16/h4-9,12H,10H2,1-3H3,(H,18,19,23). The SMILES string of the molecule is Cc1ccc(OC(C)c2nnc(SCC(=O)Nc3nccs3)n2C)cc1. The van der Waals surface area contributed by atoms with Gasteiger partial charge in [-0.2, -0.15) is 0 Å². The second-order valence-electron chi connectivity index (χ2n) is 5.65. The molecule has 2 aromatic heterocycles. The smallest absolute Gasteiger partial charge is 0.236 e. The summed E-state index contributed by atoms with van der Waals surface area (Å²) in [6.07, 6.45) is 1.39. The molecule has 136 valence electrons. The molecule has 0 saturated carbocycles. The highest BCUT2D eigenvalue weighted by atomic mass is 32.2. The fourth-order valence-electron chi connectivity index (χ4n) is 2.25. The molecular formula is C17H19N5O2S2. The Labute approximate surface area is 159 Å². The van der Waals surface area contributed by atoms with E-state index in [1.807, 2.05) is 55.1 Å². The number of thiazole rings is 1. The number of hydrogen-bond donors (Lipinski definition) is 1. The summed E-state index contributed by atoms with van der Waals surface area (Å²) in [5.74, 6) is 1.59. The molecule has 1 N–H and O–H groups in total. The largest absolute Gasteiger partial charge is 0.483 e. The number of aryl methyl sites for hydroxylation is 1. The molecule has 1 atom stereocenters. The summed E-state index contributed by atoms with van der Waals surface area (Å²) in [7, 11) is 1.87. The summed E-state index contributed by atoms with van der Waals surface area (Å²) in [4.78, 5) is 16.0. The number of rotatable bonds is 7. The number of aromatic nitrogens is 4. The van der Waals surface area contributed by atoms with Gasteiger partial charge in [-0.05, 0) is 26.0 Å². The van der Waals surface area contributed by atoms with Crippen molar-refractivity contribution in [1.29, 1.82) is 0 Å². The van der Waals surface area contributed by atoms with Gasteiger partial charge < -0.3 is 14.6 Å². The third kappa shape index (κ3) is 4.61. The topological polar surface area (TPSA) is 81.9 Å². The molecule has 0 fully saturated rings. The molecule has 1 unspecified atom stereocenters. The molecule has 0 aliphatic carbocycles. The number of amides is 1. The molecule has 26 heavy (non-hydrogen) atoms. The van der Waals surface area contributed by atoms with Gasteiger partial charge in [0, 0.05) is 18.6 Å². The average Bonchev–Trinajstić information content (AvgIpc) is 3.25. The molecule has 0 bridgehead atoms. The van der Waals surface area contributed by atoms with Crippen LogP contribution < -0.4 is 10.1 Å². The molecule has 0 aliphatic heterocycles. The van der Waals surface area contributed by atoms with Crippen molar-refractivity contribution in [1.82, 2.24) is 19.7 Å². The van der Waals surface area contributed by atoms with Gasteiger partial charge in [-0.1, -0.05) is 29.5 Å². The number of carbonyl (C=O) groups is 1. The number of hydrogen-bond acceptors (Lipinski definition) is 7. The minimum absolute atomic E-state index is 0.126. The first-order valence-electron chi connectivity index (χ1n) is 7.97. The van der Waals surface area contributed by atoms with Crippen LogP contribution in [0.1, 0.15) is 24.4 Å². The van der Waals surface area contributed by atoms with Gasteiger partial charge in [0.15, 0.2) is 22.2 Å².